The number of carbonyl (C=O) groups excluding carboxylic acids is 1. The molecular weight excluding hydrogens is 312 g/mol. The van der Waals surface area contributed by atoms with Crippen LogP contribution >= 0.6 is 0 Å². The summed E-state index contributed by atoms with van der Waals surface area (Å²) in [6.45, 7) is -2.08. The normalized spacial score (nSPS) is 15.1. The van der Waals surface area contributed by atoms with E-state index < -0.39 is 36.9 Å². The van der Waals surface area contributed by atoms with Gasteiger partial charge in [0.05, 0.1) is 6.61 Å². The molecule has 0 aliphatic rings. The van der Waals surface area contributed by atoms with Crippen LogP contribution in [-0.4, -0.2) is 67.5 Å². The lowest BCUT2D eigenvalue weighted by molar-refractivity contribution is -0.182. The van der Waals surface area contributed by atoms with E-state index in [2.05, 4.69) is 4.74 Å². The average Bonchev–Trinajstić information content (AvgIpc) is 2.52. The molecule has 0 unspecified atom stereocenters. The van der Waals surface area contributed by atoms with Crippen molar-refractivity contribution < 1.29 is 45.0 Å². The SMILES string of the molecule is O=C(C=Cc1ccc(O)c(O)c1)OC[C@](O)(CO)[C@@H](O)C(=O)O. The van der Waals surface area contributed by atoms with Crippen molar-refractivity contribution in [1.82, 2.24) is 0 Å². The lowest BCUT2D eigenvalue weighted by Crippen LogP contribution is -2.53. The standard InChI is InChI=1S/C14H16O9/c15-6-14(22,12(19)13(20)21)7-23-11(18)4-2-8-1-3-9(16)10(17)5-8/h1-5,12,15-17,19,22H,6-7H2,(H,20,21)/t12-,14+/m0/s1. The quantitative estimate of drug-likeness (QED) is 0.205. The monoisotopic (exact) mass is 328 g/mol. The molecule has 0 aliphatic carbocycles. The van der Waals surface area contributed by atoms with Crippen molar-refractivity contribution in [3.05, 3.63) is 29.8 Å². The molecule has 23 heavy (non-hydrogen) atoms. The Labute approximate surface area is 130 Å². The number of aliphatic hydroxyl groups excluding tert-OH is 2. The van der Waals surface area contributed by atoms with Crippen LogP contribution in [0.5, 0.6) is 11.5 Å². The van der Waals surface area contributed by atoms with Gasteiger partial charge in [0.1, 0.15) is 6.61 Å². The van der Waals surface area contributed by atoms with Gasteiger partial charge in [-0.05, 0) is 23.8 Å². The molecule has 2 atom stereocenters. The van der Waals surface area contributed by atoms with Gasteiger partial charge in [0.25, 0.3) is 0 Å². The van der Waals surface area contributed by atoms with Crippen molar-refractivity contribution >= 4 is 18.0 Å². The minimum atomic E-state index is -2.54. The Hall–Kier alpha value is -2.62. The number of hydrogen-bond donors (Lipinski definition) is 6. The van der Waals surface area contributed by atoms with Gasteiger partial charge in [-0.1, -0.05) is 6.07 Å². The highest BCUT2D eigenvalue weighted by Gasteiger charge is 2.41. The number of aliphatic carboxylic acids is 1. The van der Waals surface area contributed by atoms with Gasteiger partial charge in [0.15, 0.2) is 23.2 Å². The van der Waals surface area contributed by atoms with Crippen molar-refractivity contribution in [2.75, 3.05) is 13.2 Å². The largest absolute Gasteiger partial charge is 0.504 e. The molecule has 1 rings (SSSR count). The molecule has 0 spiro atoms. The number of aromatic hydroxyl groups is 2. The maximum absolute atomic E-state index is 11.5. The molecular formula is C14H16O9. The van der Waals surface area contributed by atoms with Crippen LogP contribution in [0, 0.1) is 0 Å². The van der Waals surface area contributed by atoms with Crippen LogP contribution in [0.2, 0.25) is 0 Å². The average molecular weight is 328 g/mol. The summed E-state index contributed by atoms with van der Waals surface area (Å²) in [5, 5.41) is 54.9. The van der Waals surface area contributed by atoms with Crippen LogP contribution in [0.15, 0.2) is 24.3 Å². The van der Waals surface area contributed by atoms with Crippen LogP contribution in [0.3, 0.4) is 0 Å². The van der Waals surface area contributed by atoms with E-state index in [1.807, 2.05) is 0 Å². The first-order valence-corrected chi connectivity index (χ1v) is 6.30. The maximum Gasteiger partial charge on any atom is 0.335 e. The van der Waals surface area contributed by atoms with Crippen molar-refractivity contribution in [3.8, 4) is 11.5 Å². The topological polar surface area (TPSA) is 165 Å². The molecule has 9 nitrogen and oxygen atoms in total. The number of hydrogen-bond acceptors (Lipinski definition) is 8. The van der Waals surface area contributed by atoms with Crippen molar-refractivity contribution in [2.45, 2.75) is 11.7 Å². The summed E-state index contributed by atoms with van der Waals surface area (Å²) < 4.78 is 4.57. The number of rotatable bonds is 7. The van der Waals surface area contributed by atoms with Crippen molar-refractivity contribution in [2.24, 2.45) is 0 Å². The van der Waals surface area contributed by atoms with Crippen LogP contribution < -0.4 is 0 Å². The number of esters is 1. The number of carboxylic acids is 1. The number of ether oxygens (including phenoxy) is 1. The zero-order chi connectivity index (χ0) is 17.6. The minimum absolute atomic E-state index is 0.333. The summed E-state index contributed by atoms with van der Waals surface area (Å²) >= 11 is 0. The molecule has 1 aromatic rings. The molecule has 1 aromatic carbocycles. The molecule has 0 bridgehead atoms. The first kappa shape index (κ1) is 18.4. The Morgan fingerprint density at radius 3 is 2.43 bits per heavy atom. The Morgan fingerprint density at radius 1 is 1.26 bits per heavy atom. The fourth-order valence-electron chi connectivity index (χ4n) is 1.49. The van der Waals surface area contributed by atoms with E-state index in [1.54, 1.807) is 0 Å². The number of phenols is 2. The predicted molar refractivity (Wildman–Crippen MR) is 75.4 cm³/mol. The third-order valence-corrected chi connectivity index (χ3v) is 2.89. The second kappa shape index (κ2) is 7.58. The zero-order valence-electron chi connectivity index (χ0n) is 11.8. The highest BCUT2D eigenvalue weighted by Crippen LogP contribution is 2.25. The summed E-state index contributed by atoms with van der Waals surface area (Å²) in [5.74, 6) is -3.49. The third-order valence-electron chi connectivity index (χ3n) is 2.89. The highest BCUT2D eigenvalue weighted by molar-refractivity contribution is 5.87. The van der Waals surface area contributed by atoms with Crippen LogP contribution in [-0.2, 0) is 14.3 Å². The van der Waals surface area contributed by atoms with E-state index in [4.69, 9.17) is 15.3 Å². The van der Waals surface area contributed by atoms with E-state index in [0.29, 0.717) is 5.56 Å². The minimum Gasteiger partial charge on any atom is -0.504 e. The molecule has 0 radical (unpaired) electrons. The van der Waals surface area contributed by atoms with Gasteiger partial charge >= 0.3 is 11.9 Å². The van der Waals surface area contributed by atoms with Crippen LogP contribution in [0.25, 0.3) is 6.08 Å². The predicted octanol–water partition coefficient (Wildman–Crippen LogP) is -1.18. The molecule has 0 fully saturated rings. The molecule has 0 aromatic heterocycles. The van der Waals surface area contributed by atoms with E-state index in [-0.39, 0.29) is 11.5 Å². The molecule has 9 heteroatoms. The summed E-state index contributed by atoms with van der Waals surface area (Å²) in [5.41, 5.74) is -2.17. The number of phenolic OH excluding ortho intramolecular Hbond substituents is 2. The molecule has 126 valence electrons. The molecule has 0 saturated carbocycles. The van der Waals surface area contributed by atoms with Crippen LogP contribution in [0.1, 0.15) is 5.56 Å². The fraction of sp³-hybridized carbons (Fsp3) is 0.286. The summed E-state index contributed by atoms with van der Waals surface area (Å²) in [6.07, 6.45) is -0.192. The lowest BCUT2D eigenvalue weighted by Gasteiger charge is -2.27. The number of carbonyl (C=O) groups is 2. The van der Waals surface area contributed by atoms with E-state index in [1.165, 1.54) is 24.3 Å². The fourth-order valence-corrected chi connectivity index (χ4v) is 1.49. The molecule has 0 aliphatic heterocycles. The van der Waals surface area contributed by atoms with Crippen molar-refractivity contribution in [1.29, 1.82) is 0 Å². The van der Waals surface area contributed by atoms with E-state index in [0.717, 1.165) is 6.08 Å². The molecule has 6 N–H and O–H groups in total. The second-order valence-corrected chi connectivity index (χ2v) is 4.69. The van der Waals surface area contributed by atoms with Gasteiger partial charge in [0.2, 0.25) is 0 Å². The Kier molecular flexibility index (Phi) is 6.08. The lowest BCUT2D eigenvalue weighted by atomic mass is 9.99. The number of aliphatic hydroxyl groups is 3. The first-order valence-electron chi connectivity index (χ1n) is 6.30. The van der Waals surface area contributed by atoms with Gasteiger partial charge in [-0.2, -0.15) is 0 Å². The summed E-state index contributed by atoms with van der Waals surface area (Å²) in [7, 11) is 0. The van der Waals surface area contributed by atoms with Crippen molar-refractivity contribution in [3.63, 3.8) is 0 Å². The van der Waals surface area contributed by atoms with Gasteiger partial charge in [0, 0.05) is 6.08 Å². The Balaban J connectivity index is 2.67. The molecule has 0 saturated heterocycles. The highest BCUT2D eigenvalue weighted by atomic mass is 16.5. The number of carboxylic acid groups (broad SMARTS) is 1. The summed E-state index contributed by atoms with van der Waals surface area (Å²) in [6, 6.07) is 3.78. The van der Waals surface area contributed by atoms with E-state index >= 15 is 0 Å². The van der Waals surface area contributed by atoms with Gasteiger partial charge in [-0.15, -0.1) is 0 Å². The van der Waals surface area contributed by atoms with E-state index in [9.17, 15) is 24.9 Å². The van der Waals surface area contributed by atoms with Gasteiger partial charge in [-0.3, -0.25) is 0 Å². The first-order chi connectivity index (χ1) is 10.7. The van der Waals surface area contributed by atoms with Crippen LogP contribution in [0.4, 0.5) is 0 Å². The maximum atomic E-state index is 11.5. The zero-order valence-corrected chi connectivity index (χ0v) is 11.8. The molecule has 0 amide bonds. The smallest absolute Gasteiger partial charge is 0.335 e. The summed E-state index contributed by atoms with van der Waals surface area (Å²) in [4.78, 5) is 22.1. The van der Waals surface area contributed by atoms with Gasteiger partial charge in [-0.25, -0.2) is 9.59 Å². The van der Waals surface area contributed by atoms with Gasteiger partial charge < -0.3 is 35.4 Å². The Morgan fingerprint density at radius 2 is 1.91 bits per heavy atom. The Bertz CT molecular complexity index is 610. The number of benzene rings is 1. The second-order valence-electron chi connectivity index (χ2n) is 4.69. The third kappa shape index (κ3) is 4.95. The molecule has 0 heterocycles.